The summed E-state index contributed by atoms with van der Waals surface area (Å²) in [7, 11) is 0. The van der Waals surface area contributed by atoms with Crippen molar-refractivity contribution in [2.45, 2.75) is 13.3 Å². The summed E-state index contributed by atoms with van der Waals surface area (Å²) in [4.78, 5) is 8.78. The van der Waals surface area contributed by atoms with Gasteiger partial charge in [-0.2, -0.15) is 0 Å². The third kappa shape index (κ3) is 1.57. The summed E-state index contributed by atoms with van der Waals surface area (Å²) in [6.07, 6.45) is 0.937. The Morgan fingerprint density at radius 2 is 1.95 bits per heavy atom. The van der Waals surface area contributed by atoms with E-state index in [4.69, 9.17) is 11.6 Å². The van der Waals surface area contributed by atoms with E-state index in [-0.39, 0.29) is 0 Å². The second-order valence-electron chi connectivity index (χ2n) is 4.99. The lowest BCUT2D eigenvalue weighted by molar-refractivity contribution is 1.13. The minimum atomic E-state index is 0.313. The number of halogens is 1. The fraction of sp³-hybridized carbons (Fsp3) is 0.125. The molecule has 0 unspecified atom stereocenters. The number of hydrogen-bond acceptors (Lipinski definition) is 2. The number of aromatic nitrogens is 2. The van der Waals surface area contributed by atoms with E-state index in [1.807, 2.05) is 12.1 Å². The van der Waals surface area contributed by atoms with E-state index in [1.165, 1.54) is 22.3 Å². The van der Waals surface area contributed by atoms with Crippen LogP contribution in [0, 0.1) is 6.92 Å². The monoisotopic (exact) mass is 266 g/mol. The van der Waals surface area contributed by atoms with Crippen LogP contribution in [-0.2, 0) is 6.42 Å². The van der Waals surface area contributed by atoms with E-state index in [0.717, 1.165) is 23.0 Å². The molecule has 3 aromatic rings. The summed E-state index contributed by atoms with van der Waals surface area (Å²) in [6.45, 7) is 2.11. The lowest BCUT2D eigenvalue weighted by Crippen LogP contribution is -2.04. The van der Waals surface area contributed by atoms with Crippen molar-refractivity contribution in [3.63, 3.8) is 0 Å². The molecule has 0 saturated heterocycles. The first kappa shape index (κ1) is 10.9. The third-order valence-corrected chi connectivity index (χ3v) is 3.85. The van der Waals surface area contributed by atoms with Gasteiger partial charge in [-0.3, -0.25) is 0 Å². The Labute approximate surface area is 116 Å². The van der Waals surface area contributed by atoms with E-state index in [0.29, 0.717) is 5.28 Å². The SMILES string of the molecule is Cc1ccc2c(c1)Cc1cccc3nc(Cl)nc-2c13. The van der Waals surface area contributed by atoms with Crippen LogP contribution in [0.1, 0.15) is 16.7 Å². The van der Waals surface area contributed by atoms with Crippen LogP contribution in [-0.4, -0.2) is 9.97 Å². The van der Waals surface area contributed by atoms with Gasteiger partial charge in [-0.1, -0.05) is 35.9 Å². The Morgan fingerprint density at radius 3 is 2.84 bits per heavy atom. The largest absolute Gasteiger partial charge is 0.223 e. The molecule has 1 aliphatic carbocycles. The predicted molar refractivity (Wildman–Crippen MR) is 77.5 cm³/mol. The first-order valence-corrected chi connectivity index (χ1v) is 6.65. The van der Waals surface area contributed by atoms with Crippen molar-refractivity contribution in [1.29, 1.82) is 0 Å². The molecule has 1 aliphatic rings. The number of rotatable bonds is 0. The highest BCUT2D eigenvalue weighted by atomic mass is 35.5. The van der Waals surface area contributed by atoms with Gasteiger partial charge in [-0.15, -0.1) is 0 Å². The maximum Gasteiger partial charge on any atom is 0.223 e. The van der Waals surface area contributed by atoms with E-state index >= 15 is 0 Å². The van der Waals surface area contributed by atoms with Crippen molar-refractivity contribution in [2.75, 3.05) is 0 Å². The molecule has 92 valence electrons. The molecule has 0 radical (unpaired) electrons. The molecule has 1 aromatic heterocycles. The van der Waals surface area contributed by atoms with Crippen LogP contribution in [0.15, 0.2) is 36.4 Å². The molecule has 3 heteroatoms. The van der Waals surface area contributed by atoms with Crippen LogP contribution in [0.25, 0.3) is 22.2 Å². The summed E-state index contributed by atoms with van der Waals surface area (Å²) >= 11 is 6.05. The summed E-state index contributed by atoms with van der Waals surface area (Å²) in [5.74, 6) is 0. The minimum absolute atomic E-state index is 0.313. The van der Waals surface area contributed by atoms with Crippen molar-refractivity contribution in [1.82, 2.24) is 9.97 Å². The molecule has 1 heterocycles. The fourth-order valence-corrected chi connectivity index (χ4v) is 3.05. The average Bonchev–Trinajstić information content (AvgIpc) is 2.38. The second kappa shape index (κ2) is 3.78. The molecule has 0 bridgehead atoms. The smallest absolute Gasteiger partial charge is 0.218 e. The van der Waals surface area contributed by atoms with Crippen LogP contribution in [0.4, 0.5) is 0 Å². The van der Waals surface area contributed by atoms with E-state index in [2.05, 4.69) is 41.2 Å². The van der Waals surface area contributed by atoms with E-state index in [1.54, 1.807) is 0 Å². The average molecular weight is 267 g/mol. The first-order chi connectivity index (χ1) is 9.22. The zero-order valence-electron chi connectivity index (χ0n) is 10.4. The molecule has 0 spiro atoms. The molecule has 0 saturated carbocycles. The predicted octanol–water partition coefficient (Wildman–Crippen LogP) is 4.16. The summed E-state index contributed by atoms with van der Waals surface area (Å²) < 4.78 is 0. The Bertz CT molecular complexity index is 824. The van der Waals surface area contributed by atoms with E-state index < -0.39 is 0 Å². The van der Waals surface area contributed by atoms with Gasteiger partial charge in [-0.05, 0) is 42.1 Å². The molecular formula is C16H11ClN2. The van der Waals surface area contributed by atoms with Crippen LogP contribution >= 0.6 is 11.6 Å². The van der Waals surface area contributed by atoms with Crippen LogP contribution < -0.4 is 0 Å². The normalized spacial score (nSPS) is 12.5. The molecule has 4 rings (SSSR count). The van der Waals surface area contributed by atoms with Gasteiger partial charge in [0.2, 0.25) is 5.28 Å². The highest BCUT2D eigenvalue weighted by molar-refractivity contribution is 6.29. The molecule has 19 heavy (non-hydrogen) atoms. The Hall–Kier alpha value is -1.93. The Morgan fingerprint density at radius 1 is 1.05 bits per heavy atom. The fourth-order valence-electron chi connectivity index (χ4n) is 2.87. The molecule has 0 fully saturated rings. The first-order valence-electron chi connectivity index (χ1n) is 6.27. The van der Waals surface area contributed by atoms with Crippen molar-refractivity contribution in [2.24, 2.45) is 0 Å². The van der Waals surface area contributed by atoms with Crippen LogP contribution in [0.3, 0.4) is 0 Å². The molecule has 0 amide bonds. The van der Waals surface area contributed by atoms with Crippen molar-refractivity contribution >= 4 is 22.5 Å². The maximum atomic E-state index is 6.05. The third-order valence-electron chi connectivity index (χ3n) is 3.68. The molecule has 0 atom stereocenters. The lowest BCUT2D eigenvalue weighted by atomic mass is 9.87. The van der Waals surface area contributed by atoms with Gasteiger partial charge in [-0.25, -0.2) is 9.97 Å². The van der Waals surface area contributed by atoms with Gasteiger partial charge in [0, 0.05) is 10.9 Å². The van der Waals surface area contributed by atoms with Crippen molar-refractivity contribution in [3.05, 3.63) is 58.4 Å². The zero-order chi connectivity index (χ0) is 13.0. The summed E-state index contributed by atoms with van der Waals surface area (Å²) in [6, 6.07) is 12.7. The molecule has 2 nitrogen and oxygen atoms in total. The van der Waals surface area contributed by atoms with Gasteiger partial charge in [0.25, 0.3) is 0 Å². The molecule has 0 aliphatic heterocycles. The molecule has 2 aromatic carbocycles. The topological polar surface area (TPSA) is 25.8 Å². The van der Waals surface area contributed by atoms with Gasteiger partial charge < -0.3 is 0 Å². The Kier molecular flexibility index (Phi) is 2.18. The van der Waals surface area contributed by atoms with Gasteiger partial charge in [0.05, 0.1) is 11.2 Å². The molecule has 0 N–H and O–H groups in total. The highest BCUT2D eigenvalue weighted by Gasteiger charge is 2.20. The highest BCUT2D eigenvalue weighted by Crippen LogP contribution is 2.38. The van der Waals surface area contributed by atoms with Gasteiger partial charge in [0.1, 0.15) is 0 Å². The van der Waals surface area contributed by atoms with Crippen LogP contribution in [0.5, 0.6) is 0 Å². The van der Waals surface area contributed by atoms with Crippen molar-refractivity contribution < 1.29 is 0 Å². The summed E-state index contributed by atoms with van der Waals surface area (Å²) in [5.41, 5.74) is 6.94. The lowest BCUT2D eigenvalue weighted by Gasteiger charge is -2.20. The number of hydrogen-bond donors (Lipinski definition) is 0. The van der Waals surface area contributed by atoms with Crippen molar-refractivity contribution in [3.8, 4) is 11.3 Å². The summed E-state index contributed by atoms with van der Waals surface area (Å²) in [5, 5.41) is 1.45. The zero-order valence-corrected chi connectivity index (χ0v) is 11.2. The number of aryl methyl sites for hydroxylation is 1. The van der Waals surface area contributed by atoms with E-state index in [9.17, 15) is 0 Å². The van der Waals surface area contributed by atoms with Crippen LogP contribution in [0.2, 0.25) is 5.28 Å². The second-order valence-corrected chi connectivity index (χ2v) is 5.33. The minimum Gasteiger partial charge on any atom is -0.218 e. The number of nitrogens with zero attached hydrogens (tertiary/aromatic N) is 2. The number of benzene rings is 2. The maximum absolute atomic E-state index is 6.05. The quantitative estimate of drug-likeness (QED) is 0.447. The number of fused-ring (bicyclic) bond motifs is 2. The van der Waals surface area contributed by atoms with Gasteiger partial charge >= 0.3 is 0 Å². The standard InChI is InChI=1S/C16H11ClN2/c1-9-5-6-12-11(7-9)8-10-3-2-4-13-14(10)15(12)19-16(17)18-13/h2-7H,8H2,1H3. The molecular weight excluding hydrogens is 256 g/mol. The Balaban J connectivity index is 2.18. The van der Waals surface area contributed by atoms with Gasteiger partial charge in [0.15, 0.2) is 0 Å².